The average Bonchev–Trinajstić information content (AvgIpc) is 2.67. The molecule has 0 unspecified atom stereocenters. The van der Waals surface area contributed by atoms with Crippen molar-refractivity contribution in [3.8, 4) is 0 Å². The van der Waals surface area contributed by atoms with Gasteiger partial charge in [-0.25, -0.2) is 22.6 Å². The molecule has 0 bridgehead atoms. The summed E-state index contributed by atoms with van der Waals surface area (Å²) in [7, 11) is 0. The number of nitrogens with zero attached hydrogens (tertiary/aromatic N) is 1. The van der Waals surface area contributed by atoms with Gasteiger partial charge in [-0.3, -0.25) is 5.41 Å². The lowest BCUT2D eigenvalue weighted by molar-refractivity contribution is -0.161. The molecule has 0 aromatic heterocycles. The van der Waals surface area contributed by atoms with E-state index in [0.717, 1.165) is 0 Å². The first-order chi connectivity index (χ1) is 10.4. The van der Waals surface area contributed by atoms with E-state index in [1.54, 1.807) is 0 Å². The Kier molecular flexibility index (Phi) is 5.43. The Morgan fingerprint density at radius 3 is 1.70 bits per heavy atom. The SMILES string of the molecule is N=C1N=C(N)C(OCC(F)(F)C(F)F)=C1OCC(F)(F)C(F)F. The maximum atomic E-state index is 12.7. The van der Waals surface area contributed by atoms with Crippen molar-refractivity contribution in [2.24, 2.45) is 10.7 Å². The highest BCUT2D eigenvalue weighted by Gasteiger charge is 2.44. The van der Waals surface area contributed by atoms with Crippen molar-refractivity contribution in [1.82, 2.24) is 0 Å². The first-order valence-electron chi connectivity index (χ1n) is 5.63. The molecule has 23 heavy (non-hydrogen) atoms. The van der Waals surface area contributed by atoms with Crippen molar-refractivity contribution >= 4 is 11.7 Å². The van der Waals surface area contributed by atoms with E-state index >= 15 is 0 Å². The second-order valence-corrected chi connectivity index (χ2v) is 4.20. The van der Waals surface area contributed by atoms with E-state index in [9.17, 15) is 35.1 Å². The van der Waals surface area contributed by atoms with E-state index in [-0.39, 0.29) is 0 Å². The molecule has 0 aliphatic carbocycles. The number of amidine groups is 2. The van der Waals surface area contributed by atoms with Crippen LogP contribution in [0.2, 0.25) is 0 Å². The predicted molar refractivity (Wildman–Crippen MR) is 60.2 cm³/mol. The van der Waals surface area contributed by atoms with Crippen LogP contribution in [0, 0.1) is 5.41 Å². The molecule has 132 valence electrons. The number of alkyl halides is 8. The molecule has 1 aliphatic heterocycles. The van der Waals surface area contributed by atoms with Gasteiger partial charge in [-0.15, -0.1) is 0 Å². The summed E-state index contributed by atoms with van der Waals surface area (Å²) in [4.78, 5) is 3.13. The Bertz CT molecular complexity index is 532. The lowest BCUT2D eigenvalue weighted by Crippen LogP contribution is -2.34. The van der Waals surface area contributed by atoms with Gasteiger partial charge < -0.3 is 15.2 Å². The Morgan fingerprint density at radius 2 is 1.30 bits per heavy atom. The molecule has 0 saturated carbocycles. The summed E-state index contributed by atoms with van der Waals surface area (Å²) in [6, 6.07) is 0. The normalized spacial score (nSPS) is 16.4. The van der Waals surface area contributed by atoms with Crippen LogP contribution in [0.4, 0.5) is 35.1 Å². The number of rotatable bonds is 8. The van der Waals surface area contributed by atoms with Crippen LogP contribution >= 0.6 is 0 Å². The van der Waals surface area contributed by atoms with Gasteiger partial charge in [0.2, 0.25) is 11.5 Å². The molecule has 13 heteroatoms. The summed E-state index contributed by atoms with van der Waals surface area (Å²) < 4.78 is 107. The largest absolute Gasteiger partial charge is 0.480 e. The number of nitrogens with one attached hydrogen (secondary N) is 1. The van der Waals surface area contributed by atoms with Crippen LogP contribution in [-0.4, -0.2) is 49.6 Å². The van der Waals surface area contributed by atoms with Crippen LogP contribution in [0.25, 0.3) is 0 Å². The standard InChI is InChI=1S/C10H9F8N3O2/c11-7(12)9(15,16)1-22-3-4(6(20)21-5(3)19)23-2-10(17,18)8(13)14/h7-8H,1-2H2,(H3,19,20,21). The minimum Gasteiger partial charge on any atom is -0.480 e. The molecular weight excluding hydrogens is 346 g/mol. The van der Waals surface area contributed by atoms with E-state index in [4.69, 9.17) is 11.1 Å². The Labute approximate surface area is 123 Å². The minimum atomic E-state index is -4.61. The van der Waals surface area contributed by atoms with E-state index < -0.39 is 61.1 Å². The van der Waals surface area contributed by atoms with E-state index in [1.807, 2.05) is 0 Å². The molecule has 5 nitrogen and oxygen atoms in total. The summed E-state index contributed by atoms with van der Waals surface area (Å²) >= 11 is 0. The highest BCUT2D eigenvalue weighted by Crippen LogP contribution is 2.28. The monoisotopic (exact) mass is 355 g/mol. The van der Waals surface area contributed by atoms with E-state index in [2.05, 4.69) is 14.5 Å². The van der Waals surface area contributed by atoms with Crippen LogP contribution in [0.5, 0.6) is 0 Å². The van der Waals surface area contributed by atoms with Gasteiger partial charge in [0.05, 0.1) is 0 Å². The van der Waals surface area contributed by atoms with E-state index in [1.165, 1.54) is 0 Å². The molecule has 0 atom stereocenters. The third-order valence-corrected chi connectivity index (χ3v) is 2.34. The number of ether oxygens (including phenoxy) is 2. The fraction of sp³-hybridized carbons (Fsp3) is 0.600. The first kappa shape index (κ1) is 19.0. The van der Waals surface area contributed by atoms with Crippen LogP contribution in [0.15, 0.2) is 16.5 Å². The molecule has 0 saturated heterocycles. The van der Waals surface area contributed by atoms with E-state index in [0.29, 0.717) is 0 Å². The number of hydrogen-bond acceptors (Lipinski definition) is 4. The number of aliphatic imine (C=N–C) groups is 1. The lowest BCUT2D eigenvalue weighted by Gasteiger charge is -2.19. The van der Waals surface area contributed by atoms with Crippen molar-refractivity contribution < 1.29 is 44.6 Å². The highest BCUT2D eigenvalue weighted by atomic mass is 19.3. The number of halogens is 8. The summed E-state index contributed by atoms with van der Waals surface area (Å²) in [5.41, 5.74) is 5.14. The van der Waals surface area contributed by atoms with Gasteiger partial charge in [-0.2, -0.15) is 17.6 Å². The minimum absolute atomic E-state index is 0.782. The summed E-state index contributed by atoms with van der Waals surface area (Å²) in [5, 5.41) is 7.20. The Morgan fingerprint density at radius 1 is 0.913 bits per heavy atom. The second-order valence-electron chi connectivity index (χ2n) is 4.20. The zero-order chi connectivity index (χ0) is 18.0. The van der Waals surface area contributed by atoms with Crippen molar-refractivity contribution in [3.63, 3.8) is 0 Å². The summed E-state index contributed by atoms with van der Waals surface area (Å²) in [5.74, 6) is -13.0. The average molecular weight is 355 g/mol. The van der Waals surface area contributed by atoms with Crippen LogP contribution < -0.4 is 5.73 Å². The molecule has 1 aliphatic rings. The number of nitrogens with two attached hydrogens (primary N) is 1. The third-order valence-electron chi connectivity index (χ3n) is 2.34. The van der Waals surface area contributed by atoms with Crippen molar-refractivity contribution in [2.45, 2.75) is 24.7 Å². The van der Waals surface area contributed by atoms with Crippen LogP contribution in [0.1, 0.15) is 0 Å². The Hall–Kier alpha value is -2.08. The van der Waals surface area contributed by atoms with Gasteiger partial charge in [-0.1, -0.05) is 0 Å². The molecular formula is C10H9F8N3O2. The molecule has 1 heterocycles. The molecule has 0 amide bonds. The van der Waals surface area contributed by atoms with Gasteiger partial charge in [0.25, 0.3) is 0 Å². The lowest BCUT2D eigenvalue weighted by atomic mass is 10.3. The van der Waals surface area contributed by atoms with Crippen molar-refractivity contribution in [3.05, 3.63) is 11.5 Å². The van der Waals surface area contributed by atoms with Crippen LogP contribution in [-0.2, 0) is 9.47 Å². The Balaban J connectivity index is 2.88. The molecule has 0 aromatic rings. The molecule has 3 N–H and O–H groups in total. The first-order valence-corrected chi connectivity index (χ1v) is 5.63. The third kappa shape index (κ3) is 4.45. The fourth-order valence-corrected chi connectivity index (χ4v) is 1.18. The molecule has 0 aromatic carbocycles. The maximum Gasteiger partial charge on any atom is 0.340 e. The molecule has 0 spiro atoms. The second kappa shape index (κ2) is 6.58. The zero-order valence-corrected chi connectivity index (χ0v) is 10.9. The van der Waals surface area contributed by atoms with Crippen LogP contribution in [0.3, 0.4) is 0 Å². The maximum absolute atomic E-state index is 12.7. The van der Waals surface area contributed by atoms with Gasteiger partial charge in [0.1, 0.15) is 0 Å². The quantitative estimate of drug-likeness (QED) is 0.656. The molecule has 0 radical (unpaired) electrons. The predicted octanol–water partition coefficient (Wildman–Crippen LogP) is 2.38. The number of hydrogen-bond donors (Lipinski definition) is 2. The zero-order valence-electron chi connectivity index (χ0n) is 10.9. The summed E-state index contributed by atoms with van der Waals surface area (Å²) in [6.45, 7) is -3.84. The van der Waals surface area contributed by atoms with Gasteiger partial charge in [-0.05, 0) is 0 Å². The molecule has 0 fully saturated rings. The topological polar surface area (TPSA) is 80.7 Å². The van der Waals surface area contributed by atoms with Crippen molar-refractivity contribution in [2.75, 3.05) is 13.2 Å². The van der Waals surface area contributed by atoms with Gasteiger partial charge >= 0.3 is 24.7 Å². The van der Waals surface area contributed by atoms with Gasteiger partial charge in [0, 0.05) is 0 Å². The summed E-state index contributed by atoms with van der Waals surface area (Å²) in [6.07, 6.45) is -8.18. The van der Waals surface area contributed by atoms with Crippen molar-refractivity contribution in [1.29, 1.82) is 5.41 Å². The smallest absolute Gasteiger partial charge is 0.340 e. The highest BCUT2D eigenvalue weighted by molar-refractivity contribution is 6.16. The molecule has 1 rings (SSSR count). The fourth-order valence-electron chi connectivity index (χ4n) is 1.18. The van der Waals surface area contributed by atoms with Gasteiger partial charge in [0.15, 0.2) is 24.9 Å².